The van der Waals surface area contributed by atoms with Crippen LogP contribution in [0.25, 0.3) is 16.6 Å². The Bertz CT molecular complexity index is 1300. The number of hydrogen-bond donors (Lipinski definition) is 2. The predicted octanol–water partition coefficient (Wildman–Crippen LogP) is 3.05. The van der Waals surface area contributed by atoms with Crippen LogP contribution in [0.3, 0.4) is 0 Å². The molecule has 0 fully saturated rings. The summed E-state index contributed by atoms with van der Waals surface area (Å²) in [6.45, 7) is 5.07. The van der Waals surface area contributed by atoms with Gasteiger partial charge in [0, 0.05) is 18.2 Å². The number of carbonyl (C=O) groups excluding carboxylic acids is 1. The van der Waals surface area contributed by atoms with Gasteiger partial charge in [0.05, 0.1) is 16.3 Å². The molecule has 3 rings (SSSR count). The van der Waals surface area contributed by atoms with Crippen LogP contribution in [0.2, 0.25) is 0 Å². The molecule has 1 aromatic heterocycles. The van der Waals surface area contributed by atoms with Gasteiger partial charge in [-0.05, 0) is 50.1 Å². The van der Waals surface area contributed by atoms with Crippen molar-refractivity contribution in [2.45, 2.75) is 26.0 Å². The summed E-state index contributed by atoms with van der Waals surface area (Å²) < 4.78 is 55.0. The van der Waals surface area contributed by atoms with E-state index in [9.17, 15) is 22.0 Å². The Morgan fingerprint density at radius 3 is 2.61 bits per heavy atom. The van der Waals surface area contributed by atoms with Crippen LogP contribution in [0.5, 0.6) is 0 Å². The van der Waals surface area contributed by atoms with E-state index in [1.807, 2.05) is 0 Å². The van der Waals surface area contributed by atoms with Gasteiger partial charge >= 0.3 is 0 Å². The summed E-state index contributed by atoms with van der Waals surface area (Å²) in [5.74, 6) is -2.92. The summed E-state index contributed by atoms with van der Waals surface area (Å²) in [6.07, 6.45) is 1.14. The average Bonchev–Trinajstić information content (AvgIpc) is 3.04. The molecule has 31 heavy (non-hydrogen) atoms. The SMILES string of the molecule is CCNC(=O)C=C(c1ccc2nc(N)n(S(=O)(=O)C(C)C)c2c1)c1cccc(F)c1F. The maximum atomic E-state index is 14.6. The van der Waals surface area contributed by atoms with Crippen molar-refractivity contribution in [3.05, 3.63) is 65.2 Å². The number of fused-ring (bicyclic) bond motifs is 1. The van der Waals surface area contributed by atoms with E-state index in [1.54, 1.807) is 6.92 Å². The summed E-state index contributed by atoms with van der Waals surface area (Å²) in [5.41, 5.74) is 6.57. The van der Waals surface area contributed by atoms with Gasteiger partial charge in [-0.1, -0.05) is 18.2 Å². The quantitative estimate of drug-likeness (QED) is 0.564. The molecule has 0 atom stereocenters. The number of halogens is 2. The average molecular weight is 448 g/mol. The lowest BCUT2D eigenvalue weighted by molar-refractivity contribution is -0.116. The zero-order chi connectivity index (χ0) is 22.9. The molecular weight excluding hydrogens is 426 g/mol. The molecule has 164 valence electrons. The standard InChI is InChI=1S/C21H22F2N4O3S/c1-4-25-19(28)11-15(14-6-5-7-16(22)20(14)23)13-8-9-17-18(10-13)27(21(24)26-17)31(29,30)12(2)3/h5-12H,4H2,1-3H3,(H2,24,26)(H,25,28). The van der Waals surface area contributed by atoms with E-state index in [2.05, 4.69) is 10.3 Å². The summed E-state index contributed by atoms with van der Waals surface area (Å²) in [4.78, 5) is 16.3. The Balaban J connectivity index is 2.31. The summed E-state index contributed by atoms with van der Waals surface area (Å²) in [7, 11) is -3.85. The van der Waals surface area contributed by atoms with Crippen LogP contribution in [0.1, 0.15) is 31.9 Å². The molecule has 0 aliphatic heterocycles. The van der Waals surface area contributed by atoms with Crippen LogP contribution >= 0.6 is 0 Å². The number of carbonyl (C=O) groups is 1. The van der Waals surface area contributed by atoms with Gasteiger partial charge in [0.25, 0.3) is 0 Å². The number of amides is 1. The van der Waals surface area contributed by atoms with Crippen LogP contribution < -0.4 is 11.1 Å². The van der Waals surface area contributed by atoms with Crippen molar-refractivity contribution in [2.75, 3.05) is 12.3 Å². The smallest absolute Gasteiger partial charge is 0.244 e. The number of hydrogen-bond acceptors (Lipinski definition) is 5. The third-order valence-electron chi connectivity index (χ3n) is 4.67. The molecule has 0 aliphatic rings. The summed E-state index contributed by atoms with van der Waals surface area (Å²) >= 11 is 0. The van der Waals surface area contributed by atoms with Crippen molar-refractivity contribution in [3.63, 3.8) is 0 Å². The highest BCUT2D eigenvalue weighted by Crippen LogP contribution is 2.31. The second kappa shape index (κ2) is 8.46. The van der Waals surface area contributed by atoms with E-state index in [-0.39, 0.29) is 22.6 Å². The fraction of sp³-hybridized carbons (Fsp3) is 0.238. The van der Waals surface area contributed by atoms with Gasteiger partial charge in [0.2, 0.25) is 21.9 Å². The zero-order valence-electron chi connectivity index (χ0n) is 17.2. The van der Waals surface area contributed by atoms with E-state index in [0.29, 0.717) is 17.6 Å². The Hall–Kier alpha value is -3.27. The normalized spacial score (nSPS) is 12.5. The molecular formula is C21H22F2N4O3S. The molecule has 0 radical (unpaired) electrons. The van der Waals surface area contributed by atoms with E-state index >= 15 is 0 Å². The largest absolute Gasteiger partial charge is 0.368 e. The number of nitrogens with one attached hydrogen (secondary N) is 1. The van der Waals surface area contributed by atoms with E-state index < -0.39 is 32.8 Å². The Morgan fingerprint density at radius 1 is 1.26 bits per heavy atom. The topological polar surface area (TPSA) is 107 Å². The van der Waals surface area contributed by atoms with Crippen LogP contribution in [0.4, 0.5) is 14.7 Å². The van der Waals surface area contributed by atoms with Gasteiger partial charge in [0.15, 0.2) is 11.6 Å². The molecule has 0 saturated carbocycles. The molecule has 10 heteroatoms. The first kappa shape index (κ1) is 22.4. The van der Waals surface area contributed by atoms with Gasteiger partial charge in [-0.2, -0.15) is 0 Å². The predicted molar refractivity (Wildman–Crippen MR) is 116 cm³/mol. The second-order valence-electron chi connectivity index (χ2n) is 7.09. The van der Waals surface area contributed by atoms with Gasteiger partial charge in [-0.15, -0.1) is 0 Å². The van der Waals surface area contributed by atoms with Gasteiger partial charge in [0.1, 0.15) is 0 Å². The summed E-state index contributed by atoms with van der Waals surface area (Å²) in [5, 5.41) is 1.80. The van der Waals surface area contributed by atoms with Crippen molar-refractivity contribution < 1.29 is 22.0 Å². The molecule has 0 aliphatic carbocycles. The number of nitrogens with two attached hydrogens (primary N) is 1. The van der Waals surface area contributed by atoms with Crippen molar-refractivity contribution in [3.8, 4) is 0 Å². The second-order valence-corrected chi connectivity index (χ2v) is 9.42. The van der Waals surface area contributed by atoms with Crippen molar-refractivity contribution in [2.24, 2.45) is 0 Å². The van der Waals surface area contributed by atoms with Gasteiger partial charge < -0.3 is 11.1 Å². The van der Waals surface area contributed by atoms with Crippen molar-refractivity contribution in [1.82, 2.24) is 14.3 Å². The highest BCUT2D eigenvalue weighted by molar-refractivity contribution is 7.90. The number of rotatable bonds is 6. The number of nitrogen functional groups attached to an aromatic ring is 1. The van der Waals surface area contributed by atoms with E-state index in [4.69, 9.17) is 5.73 Å². The Morgan fingerprint density at radius 2 is 1.97 bits per heavy atom. The third-order valence-corrected chi connectivity index (χ3v) is 6.75. The minimum atomic E-state index is -3.85. The molecule has 7 nitrogen and oxygen atoms in total. The first-order valence-electron chi connectivity index (χ1n) is 9.54. The van der Waals surface area contributed by atoms with Crippen LogP contribution in [0, 0.1) is 11.6 Å². The highest BCUT2D eigenvalue weighted by Gasteiger charge is 2.25. The Kier molecular flexibility index (Phi) is 6.12. The van der Waals surface area contributed by atoms with Gasteiger partial charge in [-0.25, -0.2) is 26.2 Å². The molecule has 3 N–H and O–H groups in total. The number of anilines is 1. The molecule has 0 unspecified atom stereocenters. The van der Waals surface area contributed by atoms with Gasteiger partial charge in [-0.3, -0.25) is 4.79 Å². The number of aromatic nitrogens is 2. The zero-order valence-corrected chi connectivity index (χ0v) is 18.0. The number of nitrogens with zero attached hydrogens (tertiary/aromatic N) is 2. The molecule has 1 amide bonds. The minimum absolute atomic E-state index is 0.0816. The van der Waals surface area contributed by atoms with E-state index in [1.165, 1.54) is 44.2 Å². The fourth-order valence-corrected chi connectivity index (χ4v) is 4.25. The lowest BCUT2D eigenvalue weighted by Gasteiger charge is -2.13. The van der Waals surface area contributed by atoms with Crippen LogP contribution in [0.15, 0.2) is 42.5 Å². The fourth-order valence-electron chi connectivity index (χ4n) is 3.10. The molecule has 2 aromatic carbocycles. The number of imidazole rings is 1. The number of likely N-dealkylation sites (N-methyl/N-ethyl adjacent to an activating group) is 1. The molecule has 0 saturated heterocycles. The first-order valence-corrected chi connectivity index (χ1v) is 11.0. The molecule has 0 bridgehead atoms. The van der Waals surface area contributed by atoms with Crippen LogP contribution in [-0.2, 0) is 14.8 Å². The summed E-state index contributed by atoms with van der Waals surface area (Å²) in [6, 6.07) is 8.12. The number of benzene rings is 2. The molecule has 0 spiro atoms. The third kappa shape index (κ3) is 4.15. The monoisotopic (exact) mass is 448 g/mol. The van der Waals surface area contributed by atoms with Crippen molar-refractivity contribution in [1.29, 1.82) is 0 Å². The maximum Gasteiger partial charge on any atom is 0.244 e. The minimum Gasteiger partial charge on any atom is -0.368 e. The first-order chi connectivity index (χ1) is 14.6. The van der Waals surface area contributed by atoms with Crippen LogP contribution in [-0.4, -0.2) is 35.1 Å². The molecule has 1 heterocycles. The molecule has 3 aromatic rings. The van der Waals surface area contributed by atoms with E-state index in [0.717, 1.165) is 16.1 Å². The lowest BCUT2D eigenvalue weighted by atomic mass is 9.96. The Labute approximate surface area is 178 Å². The maximum absolute atomic E-state index is 14.6. The lowest BCUT2D eigenvalue weighted by Crippen LogP contribution is -2.23. The van der Waals surface area contributed by atoms with Crippen molar-refractivity contribution >= 4 is 38.5 Å². The highest BCUT2D eigenvalue weighted by atomic mass is 32.2.